The maximum absolute atomic E-state index is 11.6. The van der Waals surface area contributed by atoms with Gasteiger partial charge in [0, 0.05) is 0 Å². The second-order valence-electron chi connectivity index (χ2n) is 9.51. The summed E-state index contributed by atoms with van der Waals surface area (Å²) in [6.07, 6.45) is 7.01. The van der Waals surface area contributed by atoms with Crippen LogP contribution in [0, 0.1) is 34.5 Å². The number of aliphatic hydroxyl groups is 2. The summed E-state index contributed by atoms with van der Waals surface area (Å²) >= 11 is 0. The zero-order valence-corrected chi connectivity index (χ0v) is 14.3. The molecule has 0 saturated heterocycles. The molecule has 0 amide bonds. The number of aliphatic carboxylic acids is 1. The van der Waals surface area contributed by atoms with Gasteiger partial charge in [-0.25, -0.2) is 4.79 Å². The van der Waals surface area contributed by atoms with Crippen LogP contribution in [0.25, 0.3) is 0 Å². The van der Waals surface area contributed by atoms with Gasteiger partial charge in [-0.1, -0.05) is 13.8 Å². The van der Waals surface area contributed by atoms with Gasteiger partial charge in [0.25, 0.3) is 0 Å². The molecule has 0 aromatic heterocycles. The molecule has 0 aromatic rings. The predicted octanol–water partition coefficient (Wildman–Crippen LogP) is 2.82. The Hall–Kier alpha value is -0.610. The molecule has 8 atom stereocenters. The molecule has 4 fully saturated rings. The van der Waals surface area contributed by atoms with Crippen molar-refractivity contribution in [3.63, 3.8) is 0 Å². The Kier molecular flexibility index (Phi) is 3.26. The van der Waals surface area contributed by atoms with E-state index in [0.717, 1.165) is 38.5 Å². The average molecular weight is 322 g/mol. The maximum atomic E-state index is 11.6. The van der Waals surface area contributed by atoms with E-state index in [1.165, 1.54) is 0 Å². The van der Waals surface area contributed by atoms with Gasteiger partial charge in [0.1, 0.15) is 0 Å². The molecule has 0 bridgehead atoms. The van der Waals surface area contributed by atoms with Crippen LogP contribution in [0.3, 0.4) is 0 Å². The fourth-order valence-electron chi connectivity index (χ4n) is 7.39. The number of aliphatic hydroxyl groups excluding tert-OH is 1. The van der Waals surface area contributed by atoms with Gasteiger partial charge in [0.15, 0.2) is 5.60 Å². The molecular weight excluding hydrogens is 292 g/mol. The summed E-state index contributed by atoms with van der Waals surface area (Å²) in [5.41, 5.74) is -1.51. The van der Waals surface area contributed by atoms with Crippen LogP contribution in [-0.2, 0) is 4.79 Å². The zero-order valence-electron chi connectivity index (χ0n) is 14.3. The molecule has 23 heavy (non-hydrogen) atoms. The van der Waals surface area contributed by atoms with Crippen molar-refractivity contribution >= 4 is 5.97 Å². The average Bonchev–Trinajstić information content (AvgIpc) is 2.93. The van der Waals surface area contributed by atoms with Crippen LogP contribution >= 0.6 is 0 Å². The molecular formula is C19H30O4. The van der Waals surface area contributed by atoms with E-state index in [0.29, 0.717) is 36.5 Å². The third-order valence-corrected chi connectivity index (χ3v) is 8.67. The zero-order chi connectivity index (χ0) is 16.6. The van der Waals surface area contributed by atoms with Crippen molar-refractivity contribution in [3.05, 3.63) is 0 Å². The fourth-order valence-corrected chi connectivity index (χ4v) is 7.39. The lowest BCUT2D eigenvalue weighted by atomic mass is 9.48. The lowest BCUT2D eigenvalue weighted by molar-refractivity contribution is -0.159. The van der Waals surface area contributed by atoms with Crippen molar-refractivity contribution in [1.82, 2.24) is 0 Å². The van der Waals surface area contributed by atoms with Crippen LogP contribution in [0.5, 0.6) is 0 Å². The second kappa shape index (κ2) is 4.72. The third-order valence-electron chi connectivity index (χ3n) is 8.67. The Balaban J connectivity index is 1.65. The van der Waals surface area contributed by atoms with Crippen molar-refractivity contribution in [3.8, 4) is 0 Å². The summed E-state index contributed by atoms with van der Waals surface area (Å²) in [5.74, 6) is 0.982. The van der Waals surface area contributed by atoms with Gasteiger partial charge in [0.05, 0.1) is 6.10 Å². The van der Waals surface area contributed by atoms with Gasteiger partial charge in [-0.05, 0) is 85.9 Å². The van der Waals surface area contributed by atoms with Gasteiger partial charge in [0.2, 0.25) is 0 Å². The van der Waals surface area contributed by atoms with Crippen molar-refractivity contribution in [2.75, 3.05) is 0 Å². The van der Waals surface area contributed by atoms with Crippen molar-refractivity contribution in [2.24, 2.45) is 34.5 Å². The summed E-state index contributed by atoms with van der Waals surface area (Å²) < 4.78 is 0. The first-order valence-electron chi connectivity index (χ1n) is 9.34. The van der Waals surface area contributed by atoms with Gasteiger partial charge in [-0.15, -0.1) is 0 Å². The minimum Gasteiger partial charge on any atom is -0.479 e. The molecule has 0 spiro atoms. The van der Waals surface area contributed by atoms with E-state index >= 15 is 0 Å². The first-order chi connectivity index (χ1) is 10.7. The van der Waals surface area contributed by atoms with Crippen molar-refractivity contribution in [2.45, 2.75) is 76.9 Å². The van der Waals surface area contributed by atoms with Crippen molar-refractivity contribution in [1.29, 1.82) is 0 Å². The van der Waals surface area contributed by atoms with Crippen molar-refractivity contribution < 1.29 is 20.1 Å². The molecule has 4 saturated carbocycles. The number of carbonyl (C=O) groups is 1. The molecule has 130 valence electrons. The number of hydrogen-bond donors (Lipinski definition) is 3. The Morgan fingerprint density at radius 3 is 2.39 bits per heavy atom. The molecule has 4 nitrogen and oxygen atoms in total. The normalized spacial score (nSPS) is 58.3. The highest BCUT2D eigenvalue weighted by molar-refractivity contribution is 5.77. The predicted molar refractivity (Wildman–Crippen MR) is 85.7 cm³/mol. The molecule has 0 aliphatic heterocycles. The van der Waals surface area contributed by atoms with Crippen LogP contribution in [0.4, 0.5) is 0 Å². The largest absolute Gasteiger partial charge is 0.479 e. The fraction of sp³-hybridized carbons (Fsp3) is 0.947. The van der Waals surface area contributed by atoms with E-state index in [9.17, 15) is 20.1 Å². The van der Waals surface area contributed by atoms with Crippen LogP contribution in [-0.4, -0.2) is 33.0 Å². The quantitative estimate of drug-likeness (QED) is 0.694. The first-order valence-corrected chi connectivity index (χ1v) is 9.34. The van der Waals surface area contributed by atoms with Gasteiger partial charge in [-0.3, -0.25) is 0 Å². The monoisotopic (exact) mass is 322 g/mol. The summed E-state index contributed by atoms with van der Waals surface area (Å²) in [6, 6.07) is 0. The molecule has 3 N–H and O–H groups in total. The van der Waals surface area contributed by atoms with Gasteiger partial charge in [-0.2, -0.15) is 0 Å². The lowest BCUT2D eigenvalue weighted by Crippen LogP contribution is -2.51. The highest BCUT2D eigenvalue weighted by Gasteiger charge is 2.64. The maximum Gasteiger partial charge on any atom is 0.335 e. The van der Waals surface area contributed by atoms with Gasteiger partial charge >= 0.3 is 5.97 Å². The Bertz CT molecular complexity index is 533. The standard InChI is InChI=1S/C19H30O4/c1-17-8-7-14-12(13(17)5-6-15(17)20)4-3-11-9-19(23,16(21)22)10-18(11,14)2/h11-15,20,23H,3-10H2,1-2H3,(H,21,22)/t11-,12+,13-,14+,15-,17+,18-,19-/m0/s1. The summed E-state index contributed by atoms with van der Waals surface area (Å²) in [4.78, 5) is 11.6. The molecule has 0 unspecified atom stereocenters. The number of fused-ring (bicyclic) bond motifs is 5. The van der Waals surface area contributed by atoms with E-state index in [1.54, 1.807) is 0 Å². The van der Waals surface area contributed by atoms with E-state index in [-0.39, 0.29) is 16.9 Å². The number of carboxylic acid groups (broad SMARTS) is 1. The highest BCUT2D eigenvalue weighted by atomic mass is 16.4. The van der Waals surface area contributed by atoms with Gasteiger partial charge < -0.3 is 15.3 Å². The Morgan fingerprint density at radius 1 is 1.00 bits per heavy atom. The number of carboxylic acids is 1. The van der Waals surface area contributed by atoms with E-state index in [1.807, 2.05) is 0 Å². The second-order valence-corrected chi connectivity index (χ2v) is 9.51. The van der Waals surface area contributed by atoms with E-state index in [2.05, 4.69) is 13.8 Å². The smallest absolute Gasteiger partial charge is 0.335 e. The summed E-state index contributed by atoms with van der Waals surface area (Å²) in [7, 11) is 0. The first kappa shape index (κ1) is 15.9. The third kappa shape index (κ3) is 1.94. The highest BCUT2D eigenvalue weighted by Crippen LogP contribution is 2.68. The van der Waals surface area contributed by atoms with E-state index in [4.69, 9.17) is 0 Å². The molecule has 4 rings (SSSR count). The minimum atomic E-state index is -1.52. The molecule has 4 aliphatic rings. The topological polar surface area (TPSA) is 77.8 Å². The Morgan fingerprint density at radius 2 is 1.70 bits per heavy atom. The van der Waals surface area contributed by atoms with Crippen LogP contribution in [0.15, 0.2) is 0 Å². The Labute approximate surface area is 138 Å². The molecule has 0 aromatic carbocycles. The van der Waals surface area contributed by atoms with Crippen LogP contribution < -0.4 is 0 Å². The minimum absolute atomic E-state index is 0.0507. The van der Waals surface area contributed by atoms with Crippen LogP contribution in [0.1, 0.15) is 65.2 Å². The lowest BCUT2D eigenvalue weighted by Gasteiger charge is -2.57. The summed E-state index contributed by atoms with van der Waals surface area (Å²) in [5, 5.41) is 30.5. The molecule has 4 aliphatic carbocycles. The SMILES string of the molecule is C[C@]12C[C@](O)(C(=O)O)C[C@@H]1CC[C@H]1[C@H]2CC[C@@]2(C)[C@@H](O)CC[C@@H]12. The van der Waals surface area contributed by atoms with Crippen LogP contribution in [0.2, 0.25) is 0 Å². The molecule has 0 heterocycles. The molecule has 4 heteroatoms. The summed E-state index contributed by atoms with van der Waals surface area (Å²) in [6.45, 7) is 4.51. The molecule has 0 radical (unpaired) electrons. The van der Waals surface area contributed by atoms with E-state index < -0.39 is 11.6 Å². The number of hydrogen-bond acceptors (Lipinski definition) is 3. The number of rotatable bonds is 1.